The fourth-order valence-electron chi connectivity index (χ4n) is 3.27. The van der Waals surface area contributed by atoms with E-state index in [0.29, 0.717) is 24.2 Å². The first-order chi connectivity index (χ1) is 9.79. The number of hydrogen-bond donors (Lipinski definition) is 1. The van der Waals surface area contributed by atoms with Crippen LogP contribution in [0.15, 0.2) is 6.33 Å². The van der Waals surface area contributed by atoms with Gasteiger partial charge in [0.2, 0.25) is 5.88 Å². The Bertz CT molecular complexity index is 467. The SMILES string of the molecule is CCOc1ncnc(N2CCCN3CCCC3C2)c1N. The van der Waals surface area contributed by atoms with Crippen LogP contribution in [0.5, 0.6) is 5.88 Å². The van der Waals surface area contributed by atoms with Crippen molar-refractivity contribution in [3.05, 3.63) is 6.33 Å². The van der Waals surface area contributed by atoms with E-state index < -0.39 is 0 Å². The number of aromatic nitrogens is 2. The molecule has 2 saturated heterocycles. The lowest BCUT2D eigenvalue weighted by Gasteiger charge is -2.27. The molecule has 6 nitrogen and oxygen atoms in total. The molecule has 2 aliphatic heterocycles. The third-order valence-electron chi connectivity index (χ3n) is 4.21. The van der Waals surface area contributed by atoms with E-state index in [0.717, 1.165) is 25.3 Å². The Labute approximate surface area is 119 Å². The van der Waals surface area contributed by atoms with Crippen LogP contribution in [0, 0.1) is 0 Å². The monoisotopic (exact) mass is 277 g/mol. The Balaban J connectivity index is 1.82. The van der Waals surface area contributed by atoms with Gasteiger partial charge in [0.05, 0.1) is 6.61 Å². The zero-order valence-electron chi connectivity index (χ0n) is 12.1. The normalized spacial score (nSPS) is 23.4. The highest BCUT2D eigenvalue weighted by atomic mass is 16.5. The van der Waals surface area contributed by atoms with Crippen LogP contribution >= 0.6 is 0 Å². The lowest BCUT2D eigenvalue weighted by molar-refractivity contribution is 0.273. The van der Waals surface area contributed by atoms with Crippen LogP contribution in [-0.4, -0.2) is 53.7 Å². The van der Waals surface area contributed by atoms with Crippen LogP contribution in [0.3, 0.4) is 0 Å². The molecular weight excluding hydrogens is 254 g/mol. The molecule has 3 rings (SSSR count). The van der Waals surface area contributed by atoms with Crippen LogP contribution in [0.25, 0.3) is 0 Å². The first kappa shape index (κ1) is 13.4. The van der Waals surface area contributed by atoms with Gasteiger partial charge in [-0.1, -0.05) is 0 Å². The van der Waals surface area contributed by atoms with E-state index in [2.05, 4.69) is 19.8 Å². The molecule has 1 unspecified atom stereocenters. The van der Waals surface area contributed by atoms with Gasteiger partial charge in [-0.3, -0.25) is 4.90 Å². The molecule has 2 aliphatic rings. The molecule has 1 aromatic heterocycles. The Morgan fingerprint density at radius 3 is 3.00 bits per heavy atom. The summed E-state index contributed by atoms with van der Waals surface area (Å²) in [6.45, 7) is 6.93. The average Bonchev–Trinajstić information content (AvgIpc) is 2.79. The molecule has 0 amide bonds. The van der Waals surface area contributed by atoms with E-state index >= 15 is 0 Å². The van der Waals surface area contributed by atoms with Crippen LogP contribution < -0.4 is 15.4 Å². The molecule has 20 heavy (non-hydrogen) atoms. The minimum atomic E-state index is 0.505. The second-order valence-corrected chi connectivity index (χ2v) is 5.48. The summed E-state index contributed by atoms with van der Waals surface area (Å²) in [5.74, 6) is 1.34. The maximum Gasteiger partial charge on any atom is 0.242 e. The van der Waals surface area contributed by atoms with Gasteiger partial charge in [0, 0.05) is 25.7 Å². The summed E-state index contributed by atoms with van der Waals surface area (Å²) >= 11 is 0. The first-order valence-corrected chi connectivity index (χ1v) is 7.52. The summed E-state index contributed by atoms with van der Waals surface area (Å²) < 4.78 is 5.47. The summed E-state index contributed by atoms with van der Waals surface area (Å²) in [7, 11) is 0. The van der Waals surface area contributed by atoms with Crippen molar-refractivity contribution in [3.8, 4) is 5.88 Å². The fourth-order valence-corrected chi connectivity index (χ4v) is 3.27. The van der Waals surface area contributed by atoms with E-state index in [-0.39, 0.29) is 0 Å². The van der Waals surface area contributed by atoms with Gasteiger partial charge in [-0.2, -0.15) is 4.98 Å². The van der Waals surface area contributed by atoms with Gasteiger partial charge in [-0.15, -0.1) is 0 Å². The Kier molecular flexibility index (Phi) is 3.91. The zero-order valence-corrected chi connectivity index (χ0v) is 12.1. The Morgan fingerprint density at radius 2 is 2.15 bits per heavy atom. The Hall–Kier alpha value is -1.56. The number of fused-ring (bicyclic) bond motifs is 1. The average molecular weight is 277 g/mol. The number of hydrogen-bond acceptors (Lipinski definition) is 6. The van der Waals surface area contributed by atoms with Gasteiger partial charge < -0.3 is 15.4 Å². The van der Waals surface area contributed by atoms with Gasteiger partial charge in [0.15, 0.2) is 5.82 Å². The van der Waals surface area contributed by atoms with Gasteiger partial charge in [-0.05, 0) is 32.7 Å². The van der Waals surface area contributed by atoms with Crippen LogP contribution in [0.4, 0.5) is 11.5 Å². The van der Waals surface area contributed by atoms with E-state index in [4.69, 9.17) is 10.5 Å². The highest BCUT2D eigenvalue weighted by Gasteiger charge is 2.30. The highest BCUT2D eigenvalue weighted by Crippen LogP contribution is 2.30. The topological polar surface area (TPSA) is 67.5 Å². The van der Waals surface area contributed by atoms with Crippen LogP contribution in [0.2, 0.25) is 0 Å². The number of anilines is 2. The summed E-state index contributed by atoms with van der Waals surface area (Å²) in [5, 5.41) is 0. The summed E-state index contributed by atoms with van der Waals surface area (Å²) in [6, 6.07) is 0.641. The largest absolute Gasteiger partial charge is 0.476 e. The first-order valence-electron chi connectivity index (χ1n) is 7.52. The molecule has 0 radical (unpaired) electrons. The molecule has 6 heteroatoms. The third kappa shape index (κ3) is 2.52. The lowest BCUT2D eigenvalue weighted by atomic mass is 10.2. The second-order valence-electron chi connectivity index (χ2n) is 5.48. The molecule has 2 N–H and O–H groups in total. The molecule has 2 fully saturated rings. The summed E-state index contributed by atoms with van der Waals surface area (Å²) in [4.78, 5) is 13.4. The van der Waals surface area contributed by atoms with Crippen LogP contribution in [-0.2, 0) is 0 Å². The zero-order chi connectivity index (χ0) is 13.9. The van der Waals surface area contributed by atoms with E-state index in [1.165, 1.54) is 25.9 Å². The smallest absolute Gasteiger partial charge is 0.242 e. The summed E-state index contributed by atoms with van der Waals surface area (Å²) in [5.41, 5.74) is 6.75. The van der Waals surface area contributed by atoms with Crippen molar-refractivity contribution in [2.75, 3.05) is 43.4 Å². The van der Waals surface area contributed by atoms with E-state index in [9.17, 15) is 0 Å². The van der Waals surface area contributed by atoms with Crippen molar-refractivity contribution in [2.45, 2.75) is 32.2 Å². The quantitative estimate of drug-likeness (QED) is 0.893. The number of nitrogen functional groups attached to an aromatic ring is 1. The maximum absolute atomic E-state index is 6.18. The molecule has 0 spiro atoms. The van der Waals surface area contributed by atoms with E-state index in [1.54, 1.807) is 6.33 Å². The van der Waals surface area contributed by atoms with Crippen LogP contribution in [0.1, 0.15) is 26.2 Å². The van der Waals surface area contributed by atoms with Crippen molar-refractivity contribution < 1.29 is 4.74 Å². The van der Waals surface area contributed by atoms with Gasteiger partial charge >= 0.3 is 0 Å². The van der Waals surface area contributed by atoms with Gasteiger partial charge in [0.1, 0.15) is 12.0 Å². The number of nitrogens with two attached hydrogens (primary N) is 1. The van der Waals surface area contributed by atoms with Gasteiger partial charge in [-0.25, -0.2) is 4.98 Å². The molecule has 110 valence electrons. The standard InChI is InChI=1S/C14H23N5O/c1-2-20-14-12(15)13(16-10-17-14)19-8-4-7-18-6-3-5-11(18)9-19/h10-11H,2-9,15H2,1H3. The molecule has 1 aromatic rings. The molecule has 0 saturated carbocycles. The second kappa shape index (κ2) is 5.83. The van der Waals surface area contributed by atoms with E-state index in [1.807, 2.05) is 6.92 Å². The maximum atomic E-state index is 6.18. The van der Waals surface area contributed by atoms with Crippen molar-refractivity contribution in [2.24, 2.45) is 0 Å². The number of rotatable bonds is 3. The van der Waals surface area contributed by atoms with Crippen molar-refractivity contribution in [1.29, 1.82) is 0 Å². The minimum Gasteiger partial charge on any atom is -0.476 e. The fraction of sp³-hybridized carbons (Fsp3) is 0.714. The van der Waals surface area contributed by atoms with Gasteiger partial charge in [0.25, 0.3) is 0 Å². The molecule has 0 aromatic carbocycles. The predicted molar refractivity (Wildman–Crippen MR) is 79.0 cm³/mol. The predicted octanol–water partition coefficient (Wildman–Crippen LogP) is 1.13. The van der Waals surface area contributed by atoms with Crippen molar-refractivity contribution >= 4 is 11.5 Å². The summed E-state index contributed by atoms with van der Waals surface area (Å²) in [6.07, 6.45) is 5.29. The lowest BCUT2D eigenvalue weighted by Crippen LogP contribution is -2.37. The molecule has 3 heterocycles. The molecule has 1 atom stereocenters. The molecular formula is C14H23N5O. The number of nitrogens with zero attached hydrogens (tertiary/aromatic N) is 4. The van der Waals surface area contributed by atoms with Crippen molar-refractivity contribution in [3.63, 3.8) is 0 Å². The minimum absolute atomic E-state index is 0.505. The highest BCUT2D eigenvalue weighted by molar-refractivity contribution is 5.67. The molecule has 0 bridgehead atoms. The number of ether oxygens (including phenoxy) is 1. The third-order valence-corrected chi connectivity index (χ3v) is 4.21. The molecule has 0 aliphatic carbocycles. The Morgan fingerprint density at radius 1 is 1.30 bits per heavy atom. The van der Waals surface area contributed by atoms with Crippen molar-refractivity contribution in [1.82, 2.24) is 14.9 Å².